The summed E-state index contributed by atoms with van der Waals surface area (Å²) in [6.07, 6.45) is 0.956. The number of carbonyl (C=O) groups is 1. The van der Waals surface area contributed by atoms with E-state index in [1.165, 1.54) is 0 Å². The van der Waals surface area contributed by atoms with Gasteiger partial charge in [-0.3, -0.25) is 4.79 Å². The predicted octanol–water partition coefficient (Wildman–Crippen LogP) is 4.27. The van der Waals surface area contributed by atoms with Gasteiger partial charge in [0.2, 0.25) is 0 Å². The number of benzene rings is 1. The molecule has 1 N–H and O–H groups in total. The number of halogens is 2. The average Bonchev–Trinajstić information content (AvgIpc) is 2.20. The lowest BCUT2D eigenvalue weighted by atomic mass is 10.0. The van der Waals surface area contributed by atoms with Crippen LogP contribution in [0.15, 0.2) is 22.7 Å². The monoisotopic (exact) mass is 317 g/mol. The second-order valence-corrected chi connectivity index (χ2v) is 5.95. The van der Waals surface area contributed by atoms with Crippen molar-refractivity contribution >= 4 is 33.4 Å². The zero-order chi connectivity index (χ0) is 13.0. The van der Waals surface area contributed by atoms with Crippen molar-refractivity contribution in [3.8, 4) is 0 Å². The second kappa shape index (κ2) is 6.41. The molecule has 0 saturated heterocycles. The minimum Gasteiger partial charge on any atom is -0.350 e. The molecular weight excluding hydrogens is 302 g/mol. The highest BCUT2D eigenvalue weighted by Crippen LogP contribution is 2.21. The molecule has 1 aromatic carbocycles. The highest BCUT2D eigenvalue weighted by molar-refractivity contribution is 9.10. The van der Waals surface area contributed by atoms with Crippen LogP contribution in [0.25, 0.3) is 0 Å². The smallest absolute Gasteiger partial charge is 0.253 e. The molecule has 0 spiro atoms. The summed E-state index contributed by atoms with van der Waals surface area (Å²) in [5.41, 5.74) is 0.511. The predicted molar refractivity (Wildman–Crippen MR) is 75.5 cm³/mol. The number of nitrogens with one attached hydrogen (secondary N) is 1. The fourth-order valence-corrected chi connectivity index (χ4v) is 2.30. The third kappa shape index (κ3) is 4.68. The molecule has 0 aliphatic carbocycles. The third-order valence-electron chi connectivity index (χ3n) is 2.38. The van der Waals surface area contributed by atoms with Gasteiger partial charge < -0.3 is 5.32 Å². The van der Waals surface area contributed by atoms with E-state index in [0.717, 1.165) is 10.9 Å². The highest BCUT2D eigenvalue weighted by atomic mass is 79.9. The Labute approximate surface area is 116 Å². The van der Waals surface area contributed by atoms with Crippen molar-refractivity contribution in [2.24, 2.45) is 5.92 Å². The van der Waals surface area contributed by atoms with Crippen molar-refractivity contribution in [2.45, 2.75) is 33.2 Å². The van der Waals surface area contributed by atoms with E-state index in [1.807, 2.05) is 13.0 Å². The number of rotatable bonds is 4. The van der Waals surface area contributed by atoms with Gasteiger partial charge in [-0.15, -0.1) is 0 Å². The molecule has 0 fully saturated rings. The molecule has 0 radical (unpaired) electrons. The first-order valence-electron chi connectivity index (χ1n) is 5.66. The van der Waals surface area contributed by atoms with Crippen molar-refractivity contribution in [2.75, 3.05) is 0 Å². The number of carbonyl (C=O) groups excluding carboxylic acids is 1. The maximum atomic E-state index is 12.0. The highest BCUT2D eigenvalue weighted by Gasteiger charge is 2.14. The molecule has 0 saturated carbocycles. The van der Waals surface area contributed by atoms with Gasteiger partial charge >= 0.3 is 0 Å². The molecule has 1 aromatic rings. The van der Waals surface area contributed by atoms with Crippen LogP contribution in [0.5, 0.6) is 0 Å². The Morgan fingerprint density at radius 1 is 1.41 bits per heavy atom. The summed E-state index contributed by atoms with van der Waals surface area (Å²) in [5, 5.41) is 3.43. The Bertz CT molecular complexity index is 406. The first-order chi connectivity index (χ1) is 7.90. The van der Waals surface area contributed by atoms with E-state index < -0.39 is 0 Å². The summed E-state index contributed by atoms with van der Waals surface area (Å²) < 4.78 is 0.851. The molecule has 94 valence electrons. The number of hydrogen-bond donors (Lipinski definition) is 1. The van der Waals surface area contributed by atoms with Gasteiger partial charge in [-0.05, 0) is 37.5 Å². The lowest BCUT2D eigenvalue weighted by Crippen LogP contribution is -2.33. The van der Waals surface area contributed by atoms with Crippen LogP contribution in [0.3, 0.4) is 0 Å². The van der Waals surface area contributed by atoms with Gasteiger partial charge in [0, 0.05) is 10.5 Å². The summed E-state index contributed by atoms with van der Waals surface area (Å²) >= 11 is 9.33. The largest absolute Gasteiger partial charge is 0.350 e. The average molecular weight is 319 g/mol. The maximum absolute atomic E-state index is 12.0. The van der Waals surface area contributed by atoms with Crippen LogP contribution in [0.2, 0.25) is 5.02 Å². The molecule has 0 bridgehead atoms. The van der Waals surface area contributed by atoms with Gasteiger partial charge in [-0.2, -0.15) is 0 Å². The number of amides is 1. The summed E-state index contributed by atoms with van der Waals surface area (Å²) in [7, 11) is 0. The van der Waals surface area contributed by atoms with Crippen molar-refractivity contribution in [3.63, 3.8) is 0 Å². The van der Waals surface area contributed by atoms with Crippen LogP contribution in [0, 0.1) is 5.92 Å². The molecule has 1 unspecified atom stereocenters. The first kappa shape index (κ1) is 14.5. The number of hydrogen-bond acceptors (Lipinski definition) is 1. The van der Waals surface area contributed by atoms with Crippen molar-refractivity contribution < 1.29 is 4.79 Å². The lowest BCUT2D eigenvalue weighted by molar-refractivity contribution is 0.0936. The van der Waals surface area contributed by atoms with E-state index in [1.54, 1.807) is 12.1 Å². The Balaban J connectivity index is 2.73. The molecule has 4 heteroatoms. The summed E-state index contributed by atoms with van der Waals surface area (Å²) in [6.45, 7) is 6.27. The van der Waals surface area contributed by atoms with Crippen LogP contribution >= 0.6 is 27.5 Å². The third-order valence-corrected chi connectivity index (χ3v) is 3.20. The van der Waals surface area contributed by atoms with Crippen LogP contribution in [-0.4, -0.2) is 11.9 Å². The van der Waals surface area contributed by atoms with E-state index in [4.69, 9.17) is 11.6 Å². The molecule has 2 nitrogen and oxygen atoms in total. The fourth-order valence-electron chi connectivity index (χ4n) is 1.74. The molecule has 0 heterocycles. The van der Waals surface area contributed by atoms with Gasteiger partial charge in [0.15, 0.2) is 0 Å². The Morgan fingerprint density at radius 2 is 2.06 bits per heavy atom. The van der Waals surface area contributed by atoms with Gasteiger partial charge in [-0.25, -0.2) is 0 Å². The SMILES string of the molecule is CC(C)CC(C)NC(=O)c1cc(Br)ccc1Cl. The lowest BCUT2D eigenvalue weighted by Gasteiger charge is -2.16. The summed E-state index contributed by atoms with van der Waals surface area (Å²) in [5.74, 6) is 0.438. The summed E-state index contributed by atoms with van der Waals surface area (Å²) in [6, 6.07) is 5.42. The van der Waals surface area contributed by atoms with Gasteiger partial charge in [0.1, 0.15) is 0 Å². The van der Waals surface area contributed by atoms with Crippen molar-refractivity contribution in [3.05, 3.63) is 33.3 Å². The van der Waals surface area contributed by atoms with Gasteiger partial charge in [0.05, 0.1) is 10.6 Å². The van der Waals surface area contributed by atoms with E-state index in [9.17, 15) is 4.79 Å². The minimum atomic E-state index is -0.121. The quantitative estimate of drug-likeness (QED) is 0.882. The minimum absolute atomic E-state index is 0.121. The standard InChI is InChI=1S/C13H17BrClNO/c1-8(2)6-9(3)16-13(17)11-7-10(14)4-5-12(11)15/h4-5,7-9H,6H2,1-3H3,(H,16,17). The van der Waals surface area contributed by atoms with Crippen molar-refractivity contribution in [1.29, 1.82) is 0 Å². The fraction of sp³-hybridized carbons (Fsp3) is 0.462. The van der Waals surface area contributed by atoms with Gasteiger partial charge in [0.25, 0.3) is 5.91 Å². The molecule has 0 aromatic heterocycles. The molecule has 1 amide bonds. The van der Waals surface area contributed by atoms with E-state index >= 15 is 0 Å². The topological polar surface area (TPSA) is 29.1 Å². The van der Waals surface area contributed by atoms with E-state index in [0.29, 0.717) is 16.5 Å². The molecule has 1 atom stereocenters. The first-order valence-corrected chi connectivity index (χ1v) is 6.83. The van der Waals surface area contributed by atoms with E-state index in [-0.39, 0.29) is 11.9 Å². The molecule has 0 aliphatic heterocycles. The van der Waals surface area contributed by atoms with Crippen LogP contribution in [0.1, 0.15) is 37.6 Å². The maximum Gasteiger partial charge on any atom is 0.253 e. The molecular formula is C13H17BrClNO. The van der Waals surface area contributed by atoms with E-state index in [2.05, 4.69) is 35.1 Å². The molecule has 17 heavy (non-hydrogen) atoms. The second-order valence-electron chi connectivity index (χ2n) is 4.63. The Hall–Kier alpha value is -0.540. The summed E-state index contributed by atoms with van der Waals surface area (Å²) in [4.78, 5) is 12.0. The van der Waals surface area contributed by atoms with Gasteiger partial charge in [-0.1, -0.05) is 41.4 Å². The Kier molecular flexibility index (Phi) is 5.47. The normalized spacial score (nSPS) is 12.6. The van der Waals surface area contributed by atoms with Crippen LogP contribution in [0.4, 0.5) is 0 Å². The van der Waals surface area contributed by atoms with Crippen LogP contribution < -0.4 is 5.32 Å². The Morgan fingerprint density at radius 3 is 2.65 bits per heavy atom. The van der Waals surface area contributed by atoms with Crippen molar-refractivity contribution in [1.82, 2.24) is 5.32 Å². The van der Waals surface area contributed by atoms with Crippen LogP contribution in [-0.2, 0) is 0 Å². The molecule has 0 aliphatic rings. The molecule has 1 rings (SSSR count). The zero-order valence-corrected chi connectivity index (χ0v) is 12.6. The zero-order valence-electron chi connectivity index (χ0n) is 10.3.